The summed E-state index contributed by atoms with van der Waals surface area (Å²) in [5.41, 5.74) is -0.151. The predicted molar refractivity (Wildman–Crippen MR) is 54.1 cm³/mol. The van der Waals surface area contributed by atoms with Gasteiger partial charge < -0.3 is 0 Å². The molecule has 0 aliphatic heterocycles. The number of H-pyrrole nitrogens is 1. The molecule has 0 saturated carbocycles. The summed E-state index contributed by atoms with van der Waals surface area (Å²) in [6, 6.07) is 2.33. The molecule has 4 nitrogen and oxygen atoms in total. The predicted octanol–water partition coefficient (Wildman–Crippen LogP) is 2.28. The Balaban J connectivity index is 2.98. The molecule has 0 aliphatic carbocycles. The molecule has 0 radical (unpaired) electrons. The van der Waals surface area contributed by atoms with Crippen LogP contribution in [0.25, 0.3) is 10.9 Å². The van der Waals surface area contributed by atoms with Gasteiger partial charge in [-0.25, -0.2) is 12.8 Å². The highest BCUT2D eigenvalue weighted by Gasteiger charge is 2.21. The molecule has 80 valence electrons. The number of hydrogen-bond donors (Lipinski definition) is 1. The Morgan fingerprint density at radius 1 is 1.40 bits per heavy atom. The molecule has 0 spiro atoms. The molecule has 0 aliphatic rings. The van der Waals surface area contributed by atoms with Gasteiger partial charge in [-0.2, -0.15) is 5.10 Å². The minimum absolute atomic E-state index is 0.0355. The zero-order valence-corrected chi connectivity index (χ0v) is 9.29. The number of halogens is 3. The average molecular weight is 269 g/mol. The zero-order chi connectivity index (χ0) is 11.2. The topological polar surface area (TPSA) is 62.8 Å². The second-order valence-electron chi connectivity index (χ2n) is 2.74. The number of nitrogens with one attached hydrogen (secondary N) is 1. The van der Waals surface area contributed by atoms with E-state index in [0.29, 0.717) is 0 Å². The molecule has 0 saturated heterocycles. The fraction of sp³-hybridized carbons (Fsp3) is 0. The van der Waals surface area contributed by atoms with E-state index in [2.05, 4.69) is 10.2 Å². The molecule has 1 aromatic heterocycles. The van der Waals surface area contributed by atoms with Crippen molar-refractivity contribution in [3.8, 4) is 0 Å². The summed E-state index contributed by atoms with van der Waals surface area (Å²) in [4.78, 5) is 0. The lowest BCUT2D eigenvalue weighted by molar-refractivity contribution is 0.606. The van der Waals surface area contributed by atoms with Crippen LogP contribution in [0.5, 0.6) is 0 Å². The van der Waals surface area contributed by atoms with Gasteiger partial charge in [0.15, 0.2) is 10.8 Å². The fourth-order valence-corrected chi connectivity index (χ4v) is 2.45. The van der Waals surface area contributed by atoms with E-state index in [9.17, 15) is 12.8 Å². The molecule has 0 fully saturated rings. The number of aromatic amines is 1. The van der Waals surface area contributed by atoms with Crippen molar-refractivity contribution in [2.45, 2.75) is 5.03 Å². The maximum absolute atomic E-state index is 13.2. The molecule has 2 rings (SSSR count). The Hall–Kier alpha value is -0.850. The van der Waals surface area contributed by atoms with E-state index < -0.39 is 19.9 Å². The largest absolute Gasteiger partial charge is 0.278 e. The molecule has 0 amide bonds. The number of nitrogens with zero attached hydrogens (tertiary/aromatic N) is 1. The zero-order valence-electron chi connectivity index (χ0n) is 6.96. The molecular weight excluding hydrogens is 266 g/mol. The van der Waals surface area contributed by atoms with Crippen molar-refractivity contribution < 1.29 is 12.8 Å². The monoisotopic (exact) mass is 268 g/mol. The standard InChI is InChI=1S/C7H3Cl2FN2O2S/c8-3-1-2-4(10)6-5(3)7(12-11-6)15(9,13)14/h1-2H,(H,11,12). The first-order valence-corrected chi connectivity index (χ1v) is 6.36. The van der Waals surface area contributed by atoms with E-state index in [1.807, 2.05) is 0 Å². The first-order chi connectivity index (χ1) is 6.91. The normalized spacial score (nSPS) is 12.2. The van der Waals surface area contributed by atoms with Gasteiger partial charge in [-0.05, 0) is 12.1 Å². The van der Waals surface area contributed by atoms with Crippen molar-refractivity contribution in [3.63, 3.8) is 0 Å². The van der Waals surface area contributed by atoms with Crippen LogP contribution in [0, 0.1) is 5.82 Å². The summed E-state index contributed by atoms with van der Waals surface area (Å²) in [6.07, 6.45) is 0. The van der Waals surface area contributed by atoms with Crippen LogP contribution >= 0.6 is 22.3 Å². The SMILES string of the molecule is O=S(=O)(Cl)c1[nH]nc2c(F)ccc(Cl)c12. The maximum Gasteiger partial charge on any atom is 0.278 e. The lowest BCUT2D eigenvalue weighted by Crippen LogP contribution is -1.91. The summed E-state index contributed by atoms with van der Waals surface area (Å²) in [5, 5.41) is 5.27. The fourth-order valence-electron chi connectivity index (χ4n) is 1.21. The van der Waals surface area contributed by atoms with Crippen LogP contribution < -0.4 is 0 Å². The molecule has 0 unspecified atom stereocenters. The van der Waals surface area contributed by atoms with Gasteiger partial charge in [0.2, 0.25) is 0 Å². The summed E-state index contributed by atoms with van der Waals surface area (Å²) in [6.45, 7) is 0. The molecule has 1 aromatic carbocycles. The maximum atomic E-state index is 13.2. The minimum Gasteiger partial charge on any atom is -0.265 e. The van der Waals surface area contributed by atoms with Crippen LogP contribution in [-0.4, -0.2) is 18.6 Å². The number of benzene rings is 1. The van der Waals surface area contributed by atoms with Crippen molar-refractivity contribution in [2.75, 3.05) is 0 Å². The Labute approximate surface area is 93.4 Å². The second-order valence-corrected chi connectivity index (χ2v) is 5.65. The lowest BCUT2D eigenvalue weighted by Gasteiger charge is -1.95. The van der Waals surface area contributed by atoms with Crippen LogP contribution in [0.3, 0.4) is 0 Å². The number of fused-ring (bicyclic) bond motifs is 1. The van der Waals surface area contributed by atoms with E-state index in [4.69, 9.17) is 22.3 Å². The minimum atomic E-state index is -4.02. The number of hydrogen-bond acceptors (Lipinski definition) is 3. The summed E-state index contributed by atoms with van der Waals surface area (Å²) in [5.74, 6) is -0.669. The first-order valence-electron chi connectivity index (χ1n) is 3.68. The highest BCUT2D eigenvalue weighted by Crippen LogP contribution is 2.30. The molecule has 2 aromatic rings. The third kappa shape index (κ3) is 1.68. The highest BCUT2D eigenvalue weighted by molar-refractivity contribution is 8.13. The van der Waals surface area contributed by atoms with Crippen LogP contribution in [0.15, 0.2) is 17.2 Å². The van der Waals surface area contributed by atoms with Crippen molar-refractivity contribution >= 4 is 42.2 Å². The van der Waals surface area contributed by atoms with E-state index >= 15 is 0 Å². The Kier molecular flexibility index (Phi) is 2.37. The molecule has 1 N–H and O–H groups in total. The van der Waals surface area contributed by atoms with Gasteiger partial charge in [0.05, 0.1) is 10.4 Å². The van der Waals surface area contributed by atoms with Crippen LogP contribution in [0.2, 0.25) is 5.02 Å². The molecule has 8 heteroatoms. The van der Waals surface area contributed by atoms with Crippen LogP contribution in [-0.2, 0) is 9.05 Å². The molecule has 0 atom stereocenters. The van der Waals surface area contributed by atoms with Crippen LogP contribution in [0.1, 0.15) is 0 Å². The van der Waals surface area contributed by atoms with E-state index in [1.54, 1.807) is 0 Å². The third-order valence-electron chi connectivity index (χ3n) is 1.82. The summed E-state index contributed by atoms with van der Waals surface area (Å²) < 4.78 is 35.4. The second kappa shape index (κ2) is 3.33. The first kappa shape index (κ1) is 10.7. The highest BCUT2D eigenvalue weighted by atomic mass is 35.7. The van der Waals surface area contributed by atoms with E-state index in [0.717, 1.165) is 6.07 Å². The van der Waals surface area contributed by atoms with E-state index in [1.165, 1.54) is 6.07 Å². The molecule has 1 heterocycles. The van der Waals surface area contributed by atoms with Gasteiger partial charge in [0.25, 0.3) is 9.05 Å². The lowest BCUT2D eigenvalue weighted by atomic mass is 10.2. The Bertz CT molecular complexity index is 638. The van der Waals surface area contributed by atoms with Crippen molar-refractivity contribution in [2.24, 2.45) is 0 Å². The Morgan fingerprint density at radius 2 is 2.07 bits per heavy atom. The van der Waals surface area contributed by atoms with Gasteiger partial charge >= 0.3 is 0 Å². The van der Waals surface area contributed by atoms with Crippen molar-refractivity contribution in [1.82, 2.24) is 10.2 Å². The van der Waals surface area contributed by atoms with Crippen LogP contribution in [0.4, 0.5) is 4.39 Å². The molecular formula is C7H3Cl2FN2O2S. The van der Waals surface area contributed by atoms with E-state index in [-0.39, 0.29) is 15.9 Å². The molecule has 0 bridgehead atoms. The van der Waals surface area contributed by atoms with Gasteiger partial charge in [-0.15, -0.1) is 0 Å². The summed E-state index contributed by atoms with van der Waals surface area (Å²) >= 11 is 5.73. The van der Waals surface area contributed by atoms with Gasteiger partial charge in [-0.1, -0.05) is 11.6 Å². The number of rotatable bonds is 1. The van der Waals surface area contributed by atoms with Gasteiger partial charge in [0.1, 0.15) is 5.52 Å². The van der Waals surface area contributed by atoms with Crippen molar-refractivity contribution in [3.05, 3.63) is 23.0 Å². The smallest absolute Gasteiger partial charge is 0.265 e. The Morgan fingerprint density at radius 3 is 2.67 bits per heavy atom. The summed E-state index contributed by atoms with van der Waals surface area (Å²) in [7, 11) is 1.10. The third-order valence-corrected chi connectivity index (χ3v) is 3.38. The molecule has 15 heavy (non-hydrogen) atoms. The van der Waals surface area contributed by atoms with Gasteiger partial charge in [-0.3, -0.25) is 5.10 Å². The number of aromatic nitrogens is 2. The quantitative estimate of drug-likeness (QED) is 0.808. The average Bonchev–Trinajstić information content (AvgIpc) is 2.55. The van der Waals surface area contributed by atoms with Crippen molar-refractivity contribution in [1.29, 1.82) is 0 Å². The van der Waals surface area contributed by atoms with Gasteiger partial charge in [0, 0.05) is 10.7 Å².